The van der Waals surface area contributed by atoms with E-state index in [0.29, 0.717) is 5.69 Å². The first kappa shape index (κ1) is 12.7. The molecule has 0 bridgehead atoms. The van der Waals surface area contributed by atoms with Crippen LogP contribution in [0.25, 0.3) is 0 Å². The Labute approximate surface area is 111 Å². The number of nitrogens with one attached hydrogen (secondary N) is 1. The first-order valence-corrected chi connectivity index (χ1v) is 6.59. The first-order chi connectivity index (χ1) is 8.66. The number of hydrogen-bond donors (Lipinski definition) is 2. The Bertz CT molecular complexity index is 522. The van der Waals surface area contributed by atoms with Crippen LogP contribution in [0.15, 0.2) is 35.2 Å². The van der Waals surface area contributed by atoms with E-state index in [1.807, 2.05) is 12.1 Å². The van der Waals surface area contributed by atoms with E-state index in [1.54, 1.807) is 17.5 Å². The summed E-state index contributed by atoms with van der Waals surface area (Å²) in [6.07, 6.45) is 1.67. The topological polar surface area (TPSA) is 66.0 Å². The van der Waals surface area contributed by atoms with E-state index >= 15 is 0 Å². The number of thiophene rings is 1. The molecule has 0 fully saturated rings. The maximum atomic E-state index is 7.52. The molecule has 0 unspecified atom stereocenters. The van der Waals surface area contributed by atoms with Crippen molar-refractivity contribution in [3.05, 3.63) is 52.0 Å². The lowest BCUT2D eigenvalue weighted by atomic mass is 10.1. The number of pyridine rings is 1. The summed E-state index contributed by atoms with van der Waals surface area (Å²) in [5, 5.41) is 11.7. The number of nitrogen functional groups attached to an aromatic ring is 1. The molecular weight excluding hydrogens is 244 g/mol. The molecule has 18 heavy (non-hydrogen) atoms. The van der Waals surface area contributed by atoms with Crippen LogP contribution in [-0.4, -0.2) is 22.8 Å². The van der Waals surface area contributed by atoms with Crippen LogP contribution in [0.4, 0.5) is 0 Å². The summed E-state index contributed by atoms with van der Waals surface area (Å²) in [5.41, 5.74) is 8.40. The SMILES string of the molecule is CN(Cc1ccsc1)Cc1cccnc1C(=N)N. The Balaban J connectivity index is 2.07. The molecule has 3 N–H and O–H groups in total. The van der Waals surface area contributed by atoms with E-state index in [0.717, 1.165) is 18.7 Å². The van der Waals surface area contributed by atoms with Gasteiger partial charge < -0.3 is 5.73 Å². The Morgan fingerprint density at radius 1 is 1.44 bits per heavy atom. The molecule has 2 heterocycles. The highest BCUT2D eigenvalue weighted by atomic mass is 32.1. The van der Waals surface area contributed by atoms with Gasteiger partial charge in [0, 0.05) is 19.3 Å². The van der Waals surface area contributed by atoms with Crippen LogP contribution in [0.2, 0.25) is 0 Å². The summed E-state index contributed by atoms with van der Waals surface area (Å²) >= 11 is 1.70. The zero-order valence-electron chi connectivity index (χ0n) is 10.3. The van der Waals surface area contributed by atoms with Crippen molar-refractivity contribution in [3.63, 3.8) is 0 Å². The molecular formula is C13H16N4S. The zero-order valence-corrected chi connectivity index (χ0v) is 11.1. The highest BCUT2D eigenvalue weighted by Gasteiger charge is 2.09. The maximum Gasteiger partial charge on any atom is 0.142 e. The van der Waals surface area contributed by atoms with Crippen LogP contribution in [0.5, 0.6) is 0 Å². The Kier molecular flexibility index (Phi) is 4.07. The third kappa shape index (κ3) is 3.15. The van der Waals surface area contributed by atoms with Crippen LogP contribution in [-0.2, 0) is 13.1 Å². The van der Waals surface area contributed by atoms with Gasteiger partial charge in [0.25, 0.3) is 0 Å². The van der Waals surface area contributed by atoms with Gasteiger partial charge in [-0.1, -0.05) is 6.07 Å². The lowest BCUT2D eigenvalue weighted by Gasteiger charge is -2.17. The van der Waals surface area contributed by atoms with Crippen LogP contribution >= 0.6 is 11.3 Å². The molecule has 0 aliphatic heterocycles. The molecule has 0 aliphatic carbocycles. The minimum absolute atomic E-state index is 0.0227. The van der Waals surface area contributed by atoms with Crippen LogP contribution in [0.3, 0.4) is 0 Å². The highest BCUT2D eigenvalue weighted by Crippen LogP contribution is 2.12. The van der Waals surface area contributed by atoms with E-state index in [2.05, 4.69) is 33.8 Å². The van der Waals surface area contributed by atoms with Crippen LogP contribution in [0.1, 0.15) is 16.8 Å². The number of nitrogens with zero attached hydrogens (tertiary/aromatic N) is 2. The molecule has 0 amide bonds. The van der Waals surface area contributed by atoms with E-state index in [4.69, 9.17) is 11.1 Å². The van der Waals surface area contributed by atoms with Crippen molar-refractivity contribution >= 4 is 17.2 Å². The molecule has 0 aliphatic rings. The van der Waals surface area contributed by atoms with E-state index < -0.39 is 0 Å². The summed E-state index contributed by atoms with van der Waals surface area (Å²) in [7, 11) is 2.05. The molecule has 5 heteroatoms. The fourth-order valence-corrected chi connectivity index (χ4v) is 2.51. The van der Waals surface area contributed by atoms with E-state index in [1.165, 1.54) is 5.56 Å². The van der Waals surface area contributed by atoms with E-state index in [9.17, 15) is 0 Å². The third-order valence-electron chi connectivity index (χ3n) is 2.62. The number of aromatic nitrogens is 1. The van der Waals surface area contributed by atoms with Crippen molar-refractivity contribution in [2.24, 2.45) is 5.73 Å². The second-order valence-corrected chi connectivity index (χ2v) is 5.01. The van der Waals surface area contributed by atoms with Crippen molar-refractivity contribution in [1.29, 1.82) is 5.41 Å². The molecule has 0 atom stereocenters. The van der Waals surface area contributed by atoms with Gasteiger partial charge in [-0.05, 0) is 41.1 Å². The second kappa shape index (κ2) is 5.75. The Morgan fingerprint density at radius 2 is 2.28 bits per heavy atom. The summed E-state index contributed by atoms with van der Waals surface area (Å²) in [4.78, 5) is 6.34. The van der Waals surface area contributed by atoms with Crippen molar-refractivity contribution < 1.29 is 0 Å². The number of hydrogen-bond acceptors (Lipinski definition) is 4. The number of rotatable bonds is 5. The van der Waals surface area contributed by atoms with Crippen molar-refractivity contribution in [2.45, 2.75) is 13.1 Å². The standard InChI is InChI=1S/C13H16N4S/c1-17(7-10-4-6-18-9-10)8-11-3-2-5-16-12(11)13(14)15/h2-6,9H,7-8H2,1H3,(H3,14,15). The molecule has 0 spiro atoms. The molecule has 94 valence electrons. The van der Waals surface area contributed by atoms with Crippen molar-refractivity contribution in [2.75, 3.05) is 7.05 Å². The highest BCUT2D eigenvalue weighted by molar-refractivity contribution is 7.07. The summed E-state index contributed by atoms with van der Waals surface area (Å²) in [6, 6.07) is 5.96. The predicted molar refractivity (Wildman–Crippen MR) is 74.7 cm³/mol. The van der Waals surface area contributed by atoms with Crippen molar-refractivity contribution in [1.82, 2.24) is 9.88 Å². The molecule has 0 saturated heterocycles. The monoisotopic (exact) mass is 260 g/mol. The zero-order chi connectivity index (χ0) is 13.0. The fourth-order valence-electron chi connectivity index (χ4n) is 1.85. The molecule has 2 aromatic rings. The molecule has 4 nitrogen and oxygen atoms in total. The van der Waals surface area contributed by atoms with Gasteiger partial charge in [-0.15, -0.1) is 0 Å². The second-order valence-electron chi connectivity index (χ2n) is 4.23. The maximum absolute atomic E-state index is 7.52. The minimum Gasteiger partial charge on any atom is -0.382 e. The van der Waals surface area contributed by atoms with Gasteiger partial charge >= 0.3 is 0 Å². The van der Waals surface area contributed by atoms with Gasteiger partial charge in [-0.25, -0.2) is 0 Å². The average molecular weight is 260 g/mol. The summed E-state index contributed by atoms with van der Waals surface area (Å²) in [5.74, 6) is 0.0227. The quantitative estimate of drug-likeness (QED) is 0.639. The summed E-state index contributed by atoms with van der Waals surface area (Å²) < 4.78 is 0. The van der Waals surface area contributed by atoms with Gasteiger partial charge in [-0.2, -0.15) is 11.3 Å². The van der Waals surface area contributed by atoms with Gasteiger partial charge in [-0.3, -0.25) is 15.3 Å². The minimum atomic E-state index is 0.0227. The molecule has 2 aromatic heterocycles. The smallest absolute Gasteiger partial charge is 0.142 e. The predicted octanol–water partition coefficient (Wildman–Crippen LogP) is 2.06. The van der Waals surface area contributed by atoms with Gasteiger partial charge in [0.1, 0.15) is 11.5 Å². The lowest BCUT2D eigenvalue weighted by Crippen LogP contribution is -2.22. The van der Waals surface area contributed by atoms with E-state index in [-0.39, 0.29) is 5.84 Å². The van der Waals surface area contributed by atoms with Crippen LogP contribution < -0.4 is 5.73 Å². The average Bonchev–Trinajstić information content (AvgIpc) is 2.82. The van der Waals surface area contributed by atoms with Gasteiger partial charge in [0.2, 0.25) is 0 Å². The molecule has 0 saturated carbocycles. The number of nitrogens with two attached hydrogens (primary N) is 1. The molecule has 0 radical (unpaired) electrons. The normalized spacial score (nSPS) is 10.8. The fraction of sp³-hybridized carbons (Fsp3) is 0.231. The van der Waals surface area contributed by atoms with Crippen molar-refractivity contribution in [3.8, 4) is 0 Å². The Hall–Kier alpha value is -1.72. The lowest BCUT2D eigenvalue weighted by molar-refractivity contribution is 0.319. The molecule has 0 aromatic carbocycles. The van der Waals surface area contributed by atoms with Gasteiger partial charge in [0.15, 0.2) is 0 Å². The number of amidine groups is 1. The third-order valence-corrected chi connectivity index (χ3v) is 3.35. The largest absolute Gasteiger partial charge is 0.382 e. The molecule has 2 rings (SSSR count). The summed E-state index contributed by atoms with van der Waals surface area (Å²) in [6.45, 7) is 1.62. The van der Waals surface area contributed by atoms with Crippen LogP contribution in [0, 0.1) is 5.41 Å². The Morgan fingerprint density at radius 3 is 2.94 bits per heavy atom. The van der Waals surface area contributed by atoms with Gasteiger partial charge in [0.05, 0.1) is 0 Å². The first-order valence-electron chi connectivity index (χ1n) is 5.64.